The predicted molar refractivity (Wildman–Crippen MR) is 75.0 cm³/mol. The van der Waals surface area contributed by atoms with Crippen molar-refractivity contribution in [3.05, 3.63) is 0 Å². The second kappa shape index (κ2) is 8.34. The summed E-state index contributed by atoms with van der Waals surface area (Å²) in [4.78, 5) is 0. The molecule has 0 aromatic heterocycles. The average molecular weight is 280 g/mol. The van der Waals surface area contributed by atoms with Crippen LogP contribution >= 0.6 is 11.8 Å². The molecule has 1 rings (SSSR count). The second-order valence-corrected chi connectivity index (χ2v) is 7.36. The largest absolute Gasteiger partial charge is 0.313 e. The summed E-state index contributed by atoms with van der Waals surface area (Å²) < 4.78 is 26.2. The Morgan fingerprint density at radius 2 is 2.18 bits per heavy atom. The summed E-state index contributed by atoms with van der Waals surface area (Å²) in [7, 11) is -3.09. The Balaban J connectivity index is 2.16. The standard InChI is InChI=1S/C11H24N2O2S2/c1-16-9-5-4-8-13-17(14,15)10-11-6-2-3-7-12-11/h11-13H,2-10H2,1H3. The van der Waals surface area contributed by atoms with Crippen LogP contribution in [0.1, 0.15) is 32.1 Å². The zero-order valence-electron chi connectivity index (χ0n) is 10.6. The van der Waals surface area contributed by atoms with E-state index in [1.807, 2.05) is 0 Å². The van der Waals surface area contributed by atoms with Crippen LogP contribution in [0, 0.1) is 0 Å². The topological polar surface area (TPSA) is 58.2 Å². The van der Waals surface area contributed by atoms with Crippen LogP contribution in [0.15, 0.2) is 0 Å². The van der Waals surface area contributed by atoms with Crippen LogP contribution in [-0.2, 0) is 10.0 Å². The van der Waals surface area contributed by atoms with Gasteiger partial charge in [-0.05, 0) is 44.2 Å². The van der Waals surface area contributed by atoms with Gasteiger partial charge in [-0.3, -0.25) is 0 Å². The highest BCUT2D eigenvalue weighted by Crippen LogP contribution is 2.08. The fourth-order valence-corrected chi connectivity index (χ4v) is 3.87. The summed E-state index contributed by atoms with van der Waals surface area (Å²) in [6.07, 6.45) is 7.36. The van der Waals surface area contributed by atoms with Crippen LogP contribution in [0.5, 0.6) is 0 Å². The minimum atomic E-state index is -3.09. The van der Waals surface area contributed by atoms with E-state index in [0.29, 0.717) is 6.54 Å². The summed E-state index contributed by atoms with van der Waals surface area (Å²) in [6.45, 7) is 1.53. The van der Waals surface area contributed by atoms with Gasteiger partial charge >= 0.3 is 0 Å². The third kappa shape index (κ3) is 7.28. The number of rotatable bonds is 8. The second-order valence-electron chi connectivity index (χ2n) is 4.52. The van der Waals surface area contributed by atoms with Crippen molar-refractivity contribution in [1.29, 1.82) is 0 Å². The minimum absolute atomic E-state index is 0.146. The number of nitrogens with one attached hydrogen (secondary N) is 2. The zero-order valence-corrected chi connectivity index (χ0v) is 12.2. The lowest BCUT2D eigenvalue weighted by molar-refractivity contribution is 0.422. The van der Waals surface area contributed by atoms with Crippen LogP contribution in [0.2, 0.25) is 0 Å². The van der Waals surface area contributed by atoms with E-state index >= 15 is 0 Å². The van der Waals surface area contributed by atoms with E-state index in [-0.39, 0.29) is 11.8 Å². The average Bonchev–Trinajstić information content (AvgIpc) is 2.29. The maximum Gasteiger partial charge on any atom is 0.213 e. The molecule has 1 unspecified atom stereocenters. The Hall–Kier alpha value is 0.220. The van der Waals surface area contributed by atoms with Gasteiger partial charge in [-0.15, -0.1) is 0 Å². The van der Waals surface area contributed by atoms with Crippen LogP contribution in [0.25, 0.3) is 0 Å². The van der Waals surface area contributed by atoms with Crippen molar-refractivity contribution in [1.82, 2.24) is 10.0 Å². The van der Waals surface area contributed by atoms with Gasteiger partial charge in [0.1, 0.15) is 0 Å². The van der Waals surface area contributed by atoms with Gasteiger partial charge in [0, 0.05) is 12.6 Å². The normalized spacial score (nSPS) is 21.6. The molecule has 1 aliphatic rings. The molecule has 1 fully saturated rings. The lowest BCUT2D eigenvalue weighted by Crippen LogP contribution is -2.42. The van der Waals surface area contributed by atoms with Gasteiger partial charge in [0.25, 0.3) is 0 Å². The molecule has 0 amide bonds. The maximum absolute atomic E-state index is 11.8. The first kappa shape index (κ1) is 15.3. The Kier molecular flexibility index (Phi) is 7.50. The van der Waals surface area contributed by atoms with Crippen molar-refractivity contribution in [2.45, 2.75) is 38.1 Å². The molecule has 2 N–H and O–H groups in total. The highest BCUT2D eigenvalue weighted by molar-refractivity contribution is 7.98. The Bertz CT molecular complexity index is 288. The van der Waals surface area contributed by atoms with Gasteiger partial charge in [-0.1, -0.05) is 6.42 Å². The van der Waals surface area contributed by atoms with Crippen molar-refractivity contribution >= 4 is 21.8 Å². The highest BCUT2D eigenvalue weighted by atomic mass is 32.2. The molecule has 0 aliphatic carbocycles. The van der Waals surface area contributed by atoms with E-state index in [9.17, 15) is 8.42 Å². The molecule has 1 atom stereocenters. The molecule has 0 saturated carbocycles. The van der Waals surface area contributed by atoms with Crippen molar-refractivity contribution in [2.24, 2.45) is 0 Å². The van der Waals surface area contributed by atoms with Crippen LogP contribution < -0.4 is 10.0 Å². The van der Waals surface area contributed by atoms with E-state index in [4.69, 9.17) is 0 Å². The maximum atomic E-state index is 11.8. The lowest BCUT2D eigenvalue weighted by Gasteiger charge is -2.23. The highest BCUT2D eigenvalue weighted by Gasteiger charge is 2.20. The summed E-state index contributed by atoms with van der Waals surface area (Å²) in [5.74, 6) is 1.33. The van der Waals surface area contributed by atoms with Gasteiger partial charge < -0.3 is 5.32 Å². The smallest absolute Gasteiger partial charge is 0.213 e. The van der Waals surface area contributed by atoms with Gasteiger partial charge in [0.2, 0.25) is 10.0 Å². The molecular formula is C11H24N2O2S2. The van der Waals surface area contributed by atoms with E-state index < -0.39 is 10.0 Å². The van der Waals surface area contributed by atoms with Gasteiger partial charge in [-0.2, -0.15) is 11.8 Å². The summed E-state index contributed by atoms with van der Waals surface area (Å²) in [5, 5.41) is 3.26. The first-order valence-corrected chi connectivity index (χ1v) is 9.38. The van der Waals surface area contributed by atoms with Gasteiger partial charge in [0.05, 0.1) is 5.75 Å². The van der Waals surface area contributed by atoms with E-state index in [1.165, 1.54) is 6.42 Å². The molecule has 0 aromatic rings. The number of thioether (sulfide) groups is 1. The van der Waals surface area contributed by atoms with Crippen molar-refractivity contribution in [3.63, 3.8) is 0 Å². The number of sulfonamides is 1. The first-order chi connectivity index (χ1) is 8.14. The molecule has 0 bridgehead atoms. The molecule has 0 aromatic carbocycles. The molecule has 0 radical (unpaired) electrons. The van der Waals surface area contributed by atoms with E-state index in [1.54, 1.807) is 11.8 Å². The molecular weight excluding hydrogens is 256 g/mol. The number of hydrogen-bond acceptors (Lipinski definition) is 4. The SMILES string of the molecule is CSCCCCNS(=O)(=O)CC1CCCCN1. The molecule has 1 saturated heterocycles. The molecule has 1 heterocycles. The monoisotopic (exact) mass is 280 g/mol. The quantitative estimate of drug-likeness (QED) is 0.656. The third-order valence-electron chi connectivity index (χ3n) is 2.93. The Morgan fingerprint density at radius 3 is 2.82 bits per heavy atom. The fraction of sp³-hybridized carbons (Fsp3) is 1.00. The number of hydrogen-bond donors (Lipinski definition) is 2. The molecule has 17 heavy (non-hydrogen) atoms. The third-order valence-corrected chi connectivity index (χ3v) is 5.11. The lowest BCUT2D eigenvalue weighted by atomic mass is 10.1. The van der Waals surface area contributed by atoms with Crippen LogP contribution in [0.4, 0.5) is 0 Å². The molecule has 0 spiro atoms. The molecule has 6 heteroatoms. The first-order valence-electron chi connectivity index (χ1n) is 6.34. The van der Waals surface area contributed by atoms with Crippen LogP contribution in [0.3, 0.4) is 0 Å². The van der Waals surface area contributed by atoms with E-state index in [2.05, 4.69) is 16.3 Å². The Labute approximate surface area is 109 Å². The predicted octanol–water partition coefficient (Wildman–Crippen LogP) is 1.19. The fourth-order valence-electron chi connectivity index (χ4n) is 1.99. The zero-order chi connectivity index (χ0) is 12.6. The van der Waals surface area contributed by atoms with E-state index in [0.717, 1.165) is 38.0 Å². The summed E-state index contributed by atoms with van der Waals surface area (Å²) >= 11 is 1.80. The molecule has 102 valence electrons. The van der Waals surface area contributed by atoms with Crippen molar-refractivity contribution < 1.29 is 8.42 Å². The van der Waals surface area contributed by atoms with Gasteiger partial charge in [0.15, 0.2) is 0 Å². The van der Waals surface area contributed by atoms with Crippen molar-refractivity contribution in [3.8, 4) is 0 Å². The molecule has 1 aliphatic heterocycles. The summed E-state index contributed by atoms with van der Waals surface area (Å²) in [5.41, 5.74) is 0. The van der Waals surface area contributed by atoms with Crippen LogP contribution in [-0.4, -0.2) is 45.3 Å². The van der Waals surface area contributed by atoms with Crippen molar-refractivity contribution in [2.75, 3.05) is 30.9 Å². The van der Waals surface area contributed by atoms with Gasteiger partial charge in [-0.25, -0.2) is 13.1 Å². The molecule has 4 nitrogen and oxygen atoms in total. The number of piperidine rings is 1. The number of unbranched alkanes of at least 4 members (excludes halogenated alkanes) is 1. The Morgan fingerprint density at radius 1 is 1.35 bits per heavy atom. The summed E-state index contributed by atoms with van der Waals surface area (Å²) in [6, 6.07) is 0.146. The minimum Gasteiger partial charge on any atom is -0.313 e.